The van der Waals surface area contributed by atoms with Crippen LogP contribution >= 0.6 is 0 Å². The zero-order valence-electron chi connectivity index (χ0n) is 29.9. The summed E-state index contributed by atoms with van der Waals surface area (Å²) in [5, 5.41) is 0. The lowest BCUT2D eigenvalue weighted by Crippen LogP contribution is -2.88. The molecule has 268 valence electrons. The molecule has 2 aromatic rings. The average Bonchev–Trinajstić information content (AvgIpc) is 3.10. The molecule has 2 heterocycles. The van der Waals surface area contributed by atoms with Gasteiger partial charge in [0.15, 0.2) is 0 Å². The molecule has 0 unspecified atom stereocenters. The first-order valence-electron chi connectivity index (χ1n) is 16.9. The zero-order valence-corrected chi connectivity index (χ0v) is 29.9. The Morgan fingerprint density at radius 3 is 1.16 bits per heavy atom. The molecule has 0 bridgehead atoms. The van der Waals surface area contributed by atoms with Crippen molar-refractivity contribution in [2.45, 2.75) is 51.6 Å². The summed E-state index contributed by atoms with van der Waals surface area (Å²) in [4.78, 5) is 61.1. The molecule has 0 saturated heterocycles. The third kappa shape index (κ3) is 5.36. The molecule has 0 aromatic heterocycles. The van der Waals surface area contributed by atoms with Crippen LogP contribution in [0.2, 0.25) is 0 Å². The van der Waals surface area contributed by atoms with E-state index in [2.05, 4.69) is 0 Å². The predicted molar refractivity (Wildman–Crippen MR) is 182 cm³/mol. The fourth-order valence-electron chi connectivity index (χ4n) is 8.69. The molecular weight excluding hydrogens is 644 g/mol. The van der Waals surface area contributed by atoms with E-state index in [1.807, 2.05) is 0 Å². The second-order valence-corrected chi connectivity index (χ2v) is 12.5. The minimum atomic E-state index is -1.60. The monoisotopic (exact) mass is 690 g/mol. The van der Waals surface area contributed by atoms with E-state index in [4.69, 9.17) is 28.4 Å². The fourth-order valence-corrected chi connectivity index (χ4v) is 8.69. The number of nitrogens with zero attached hydrogens (tertiary/aromatic N) is 2. The van der Waals surface area contributed by atoms with Gasteiger partial charge >= 0.3 is 23.9 Å². The van der Waals surface area contributed by atoms with E-state index in [1.165, 1.54) is 0 Å². The van der Waals surface area contributed by atoms with Gasteiger partial charge in [-0.2, -0.15) is 0 Å². The Labute approximate surface area is 292 Å². The predicted octanol–water partition coefficient (Wildman–Crippen LogP) is 4.21. The highest BCUT2D eigenvalue weighted by molar-refractivity contribution is 6.01. The van der Waals surface area contributed by atoms with Crippen molar-refractivity contribution in [2.24, 2.45) is 10.8 Å². The van der Waals surface area contributed by atoms with Crippen molar-refractivity contribution in [3.63, 3.8) is 0 Å². The van der Waals surface area contributed by atoms with E-state index in [9.17, 15) is 19.2 Å². The highest BCUT2D eigenvalue weighted by Crippen LogP contribution is 2.74. The van der Waals surface area contributed by atoms with Gasteiger partial charge in [-0.25, -0.2) is 9.59 Å². The number of ether oxygens (including phenoxy) is 6. The molecule has 5 rings (SSSR count). The third-order valence-corrected chi connectivity index (χ3v) is 10.1. The van der Waals surface area contributed by atoms with Crippen LogP contribution in [0.5, 0.6) is 11.5 Å². The van der Waals surface area contributed by atoms with Crippen molar-refractivity contribution >= 4 is 23.9 Å². The molecule has 2 aromatic carbocycles. The average molecular weight is 691 g/mol. The zero-order chi connectivity index (χ0) is 36.4. The summed E-state index contributed by atoms with van der Waals surface area (Å²) in [6, 6.07) is 12.2. The van der Waals surface area contributed by atoms with Gasteiger partial charge in [0, 0.05) is 38.3 Å². The first kappa shape index (κ1) is 36.3. The van der Waals surface area contributed by atoms with Crippen LogP contribution in [0, 0.1) is 10.8 Å². The topological polar surface area (TPSA) is 130 Å². The van der Waals surface area contributed by atoms with E-state index in [-0.39, 0.29) is 37.6 Å². The highest BCUT2D eigenvalue weighted by Gasteiger charge is 2.87. The quantitative estimate of drug-likeness (QED) is 0.234. The van der Waals surface area contributed by atoms with Crippen LogP contribution in [-0.4, -0.2) is 101 Å². The van der Waals surface area contributed by atoms with Gasteiger partial charge < -0.3 is 38.2 Å². The number of carbonyl (C=O) groups is 4. The van der Waals surface area contributed by atoms with E-state index in [0.717, 1.165) is 0 Å². The van der Waals surface area contributed by atoms with Gasteiger partial charge in [-0.3, -0.25) is 9.59 Å². The van der Waals surface area contributed by atoms with Gasteiger partial charge in [-0.05, 0) is 63.1 Å². The number of carbonyl (C=O) groups excluding carboxylic acids is 4. The molecule has 2 aliphatic heterocycles. The molecular formula is C38H46N2O10. The van der Waals surface area contributed by atoms with Gasteiger partial charge in [0.2, 0.25) is 0 Å². The molecule has 0 amide bonds. The number of esters is 4. The minimum absolute atomic E-state index is 0.0411. The SMILES string of the molecule is CCOC(=O)C1=CN(C)C2C(C(=O)OCC)(C1c1ccc(OC)cc1)C1N(C)C=C(C(=O)OCC)C(c3ccc(OC)cc3)C21C(=O)OCC. The van der Waals surface area contributed by atoms with Crippen LogP contribution in [0.25, 0.3) is 0 Å². The Hall–Kier alpha value is -5.00. The Bertz CT molecular complexity index is 1530. The maximum Gasteiger partial charge on any atom is 0.336 e. The number of fused-ring (bicyclic) bond motifs is 4. The molecule has 0 spiro atoms. The Morgan fingerprint density at radius 1 is 0.560 bits per heavy atom. The Kier molecular flexibility index (Phi) is 10.5. The van der Waals surface area contributed by atoms with Crippen LogP contribution in [-0.2, 0) is 38.1 Å². The summed E-state index contributed by atoms with van der Waals surface area (Å²) in [7, 11) is 6.53. The van der Waals surface area contributed by atoms with Crippen LogP contribution < -0.4 is 9.47 Å². The highest BCUT2D eigenvalue weighted by atomic mass is 16.5. The summed E-state index contributed by atoms with van der Waals surface area (Å²) >= 11 is 0. The first-order valence-corrected chi connectivity index (χ1v) is 16.9. The second kappa shape index (κ2) is 14.5. The molecule has 12 nitrogen and oxygen atoms in total. The van der Waals surface area contributed by atoms with Crippen molar-refractivity contribution < 1.29 is 47.6 Å². The van der Waals surface area contributed by atoms with Crippen molar-refractivity contribution in [3.05, 3.63) is 83.2 Å². The van der Waals surface area contributed by atoms with Crippen molar-refractivity contribution in [1.29, 1.82) is 0 Å². The van der Waals surface area contributed by atoms with E-state index >= 15 is 0 Å². The Morgan fingerprint density at radius 2 is 0.880 bits per heavy atom. The molecule has 0 atom stereocenters. The summed E-state index contributed by atoms with van der Waals surface area (Å²) < 4.78 is 33.9. The normalized spacial score (nSPS) is 26.6. The summed E-state index contributed by atoms with van der Waals surface area (Å²) in [6.45, 7) is 7.13. The van der Waals surface area contributed by atoms with Crippen molar-refractivity contribution in [3.8, 4) is 11.5 Å². The van der Waals surface area contributed by atoms with E-state index in [1.54, 1.807) is 127 Å². The van der Waals surface area contributed by atoms with Gasteiger partial charge in [0.05, 0.1) is 63.9 Å². The lowest BCUT2D eigenvalue weighted by Gasteiger charge is -2.74. The summed E-state index contributed by atoms with van der Waals surface area (Å²) in [5.74, 6) is -3.16. The smallest absolute Gasteiger partial charge is 0.336 e. The second-order valence-electron chi connectivity index (χ2n) is 12.5. The minimum Gasteiger partial charge on any atom is -0.497 e. The lowest BCUT2D eigenvalue weighted by atomic mass is 9.34. The molecule has 0 radical (unpaired) electrons. The third-order valence-electron chi connectivity index (χ3n) is 10.1. The van der Waals surface area contributed by atoms with Gasteiger partial charge in [-0.1, -0.05) is 24.3 Å². The first-order chi connectivity index (χ1) is 24.0. The van der Waals surface area contributed by atoms with E-state index in [0.29, 0.717) is 22.6 Å². The molecule has 50 heavy (non-hydrogen) atoms. The lowest BCUT2D eigenvalue weighted by molar-refractivity contribution is -0.245. The Balaban J connectivity index is 1.92. The van der Waals surface area contributed by atoms with Crippen LogP contribution in [0.15, 0.2) is 72.1 Å². The molecule has 12 heteroatoms. The van der Waals surface area contributed by atoms with Gasteiger partial charge in [-0.15, -0.1) is 0 Å². The summed E-state index contributed by atoms with van der Waals surface area (Å²) in [6.07, 6.45) is 3.28. The number of hydrogen-bond donors (Lipinski definition) is 0. The molecule has 1 saturated carbocycles. The number of rotatable bonds is 12. The van der Waals surface area contributed by atoms with Crippen LogP contribution in [0.3, 0.4) is 0 Å². The molecule has 1 aliphatic carbocycles. The number of hydrogen-bond acceptors (Lipinski definition) is 12. The largest absolute Gasteiger partial charge is 0.497 e. The standard InChI is InChI=1S/C38H46N2O10/c1-9-47-31(41)27-21-39(5)33-37(35(43)49-11-3,29(27)23-13-17-25(45-7)18-14-23)34-38(33,36(44)50-12-4)30(24-15-19-26(46-8)20-16-24)28(22-40(34)6)32(42)48-10-2/h13-22,29-30,33-34H,9-12H2,1-8H3. The van der Waals surface area contributed by atoms with Crippen molar-refractivity contribution in [2.75, 3.05) is 54.7 Å². The molecule has 1 fully saturated rings. The van der Waals surface area contributed by atoms with Gasteiger partial charge in [0.1, 0.15) is 22.3 Å². The summed E-state index contributed by atoms with van der Waals surface area (Å²) in [5.41, 5.74) is -1.53. The number of methoxy groups -OCH3 is 2. The van der Waals surface area contributed by atoms with Crippen molar-refractivity contribution in [1.82, 2.24) is 9.80 Å². The van der Waals surface area contributed by atoms with E-state index < -0.39 is 58.6 Å². The molecule has 0 N–H and O–H groups in total. The molecule has 3 aliphatic rings. The van der Waals surface area contributed by atoms with Crippen LogP contribution in [0.4, 0.5) is 0 Å². The number of benzene rings is 2. The van der Waals surface area contributed by atoms with Gasteiger partial charge in [0.25, 0.3) is 0 Å². The maximum atomic E-state index is 15.0. The van der Waals surface area contributed by atoms with Crippen LogP contribution in [0.1, 0.15) is 50.7 Å². The maximum absolute atomic E-state index is 15.0. The fraction of sp³-hybridized carbons (Fsp3) is 0.474.